The Bertz CT molecular complexity index is 372. The SMILES string of the molecule is CCCCCCCCCCCCCCCCCCC=C(C(=O)O)C(=O)O. The van der Waals surface area contributed by atoms with E-state index in [1.807, 2.05) is 0 Å². The van der Waals surface area contributed by atoms with E-state index in [1.165, 1.54) is 89.5 Å². The van der Waals surface area contributed by atoms with Crippen LogP contribution < -0.4 is 0 Å². The highest BCUT2D eigenvalue weighted by Gasteiger charge is 2.14. The van der Waals surface area contributed by atoms with Gasteiger partial charge in [-0.3, -0.25) is 0 Å². The minimum atomic E-state index is -1.35. The maximum absolute atomic E-state index is 10.7. The van der Waals surface area contributed by atoms with E-state index in [0.717, 1.165) is 19.3 Å². The highest BCUT2D eigenvalue weighted by Crippen LogP contribution is 2.14. The van der Waals surface area contributed by atoms with Crippen LogP contribution in [0.5, 0.6) is 0 Å². The second-order valence-corrected chi connectivity index (χ2v) is 7.32. The summed E-state index contributed by atoms with van der Waals surface area (Å²) in [5.41, 5.74) is -0.508. The Morgan fingerprint density at radius 1 is 0.577 bits per heavy atom. The summed E-state index contributed by atoms with van der Waals surface area (Å²) in [6, 6.07) is 0. The van der Waals surface area contributed by atoms with Crippen LogP contribution in [0, 0.1) is 0 Å². The molecular formula is C22H40O4. The van der Waals surface area contributed by atoms with Crippen molar-refractivity contribution in [2.24, 2.45) is 0 Å². The van der Waals surface area contributed by atoms with Crippen LogP contribution >= 0.6 is 0 Å². The molecule has 152 valence electrons. The average Bonchev–Trinajstić information content (AvgIpc) is 2.60. The molecule has 0 bridgehead atoms. The number of hydrogen-bond acceptors (Lipinski definition) is 2. The number of carbonyl (C=O) groups is 2. The zero-order valence-electron chi connectivity index (χ0n) is 16.8. The summed E-state index contributed by atoms with van der Waals surface area (Å²) in [5, 5.41) is 17.5. The molecule has 0 aliphatic rings. The van der Waals surface area contributed by atoms with Crippen molar-refractivity contribution < 1.29 is 19.8 Å². The molecule has 0 atom stereocenters. The third-order valence-electron chi connectivity index (χ3n) is 4.87. The molecule has 0 aromatic heterocycles. The fourth-order valence-corrected chi connectivity index (χ4v) is 3.20. The summed E-state index contributed by atoms with van der Waals surface area (Å²) >= 11 is 0. The van der Waals surface area contributed by atoms with Crippen LogP contribution in [0.4, 0.5) is 0 Å². The van der Waals surface area contributed by atoms with Gasteiger partial charge in [-0.25, -0.2) is 9.59 Å². The van der Waals surface area contributed by atoms with Crippen LogP contribution in [0.15, 0.2) is 11.6 Å². The van der Waals surface area contributed by atoms with Crippen LogP contribution in [-0.2, 0) is 9.59 Å². The van der Waals surface area contributed by atoms with Crippen LogP contribution in [-0.4, -0.2) is 22.2 Å². The fraction of sp³-hybridized carbons (Fsp3) is 0.818. The van der Waals surface area contributed by atoms with Gasteiger partial charge in [-0.1, -0.05) is 109 Å². The van der Waals surface area contributed by atoms with Crippen molar-refractivity contribution >= 4 is 11.9 Å². The second kappa shape index (κ2) is 18.5. The molecule has 0 aliphatic carbocycles. The topological polar surface area (TPSA) is 74.6 Å². The van der Waals surface area contributed by atoms with Crippen molar-refractivity contribution in [3.63, 3.8) is 0 Å². The first-order chi connectivity index (χ1) is 12.6. The predicted octanol–water partition coefficient (Wildman–Crippen LogP) is 6.73. The van der Waals surface area contributed by atoms with E-state index in [2.05, 4.69) is 6.92 Å². The minimum Gasteiger partial charge on any atom is -0.477 e. The normalized spacial score (nSPS) is 10.7. The van der Waals surface area contributed by atoms with E-state index in [4.69, 9.17) is 10.2 Å². The van der Waals surface area contributed by atoms with Gasteiger partial charge in [0.1, 0.15) is 5.57 Å². The lowest BCUT2D eigenvalue weighted by atomic mass is 10.0. The van der Waals surface area contributed by atoms with E-state index in [9.17, 15) is 9.59 Å². The van der Waals surface area contributed by atoms with Crippen molar-refractivity contribution in [3.8, 4) is 0 Å². The van der Waals surface area contributed by atoms with Crippen molar-refractivity contribution in [1.29, 1.82) is 0 Å². The smallest absolute Gasteiger partial charge is 0.342 e. The fourth-order valence-electron chi connectivity index (χ4n) is 3.20. The molecule has 2 N–H and O–H groups in total. The number of rotatable bonds is 19. The first-order valence-corrected chi connectivity index (χ1v) is 10.8. The first-order valence-electron chi connectivity index (χ1n) is 10.8. The minimum absolute atomic E-state index is 0.508. The van der Waals surface area contributed by atoms with Crippen molar-refractivity contribution in [2.75, 3.05) is 0 Å². The van der Waals surface area contributed by atoms with Crippen LogP contribution in [0.1, 0.15) is 116 Å². The number of allylic oxidation sites excluding steroid dienone is 1. The summed E-state index contributed by atoms with van der Waals surface area (Å²) < 4.78 is 0. The lowest BCUT2D eigenvalue weighted by Crippen LogP contribution is -2.10. The molecule has 26 heavy (non-hydrogen) atoms. The van der Waals surface area contributed by atoms with E-state index in [0.29, 0.717) is 6.42 Å². The van der Waals surface area contributed by atoms with Gasteiger partial charge in [-0.15, -0.1) is 0 Å². The molecule has 4 nitrogen and oxygen atoms in total. The molecule has 0 saturated carbocycles. The maximum atomic E-state index is 10.7. The Balaban J connectivity index is 3.28. The summed E-state index contributed by atoms with van der Waals surface area (Å²) in [7, 11) is 0. The Morgan fingerprint density at radius 2 is 0.885 bits per heavy atom. The summed E-state index contributed by atoms with van der Waals surface area (Å²) in [5.74, 6) is -2.71. The van der Waals surface area contributed by atoms with Crippen molar-refractivity contribution in [3.05, 3.63) is 11.6 Å². The zero-order chi connectivity index (χ0) is 19.5. The third kappa shape index (κ3) is 16.2. The average molecular weight is 369 g/mol. The molecule has 4 heteroatoms. The number of carboxylic acid groups (broad SMARTS) is 2. The Morgan fingerprint density at radius 3 is 1.19 bits per heavy atom. The van der Waals surface area contributed by atoms with E-state index < -0.39 is 17.5 Å². The molecule has 0 aromatic rings. The van der Waals surface area contributed by atoms with Gasteiger partial charge in [-0.05, 0) is 12.8 Å². The molecular weight excluding hydrogens is 328 g/mol. The molecule has 0 unspecified atom stereocenters. The van der Waals surface area contributed by atoms with Gasteiger partial charge < -0.3 is 10.2 Å². The van der Waals surface area contributed by atoms with Gasteiger partial charge in [0.15, 0.2) is 0 Å². The Labute approximate surface area is 160 Å². The lowest BCUT2D eigenvalue weighted by molar-refractivity contribution is -0.140. The highest BCUT2D eigenvalue weighted by atomic mass is 16.4. The largest absolute Gasteiger partial charge is 0.477 e. The molecule has 0 aliphatic heterocycles. The lowest BCUT2D eigenvalue weighted by Gasteiger charge is -2.03. The standard InChI is InChI=1S/C22H40O4/c1-2-3-4-5-6-7-8-9-10-11-12-13-14-15-16-17-18-19-20(21(23)24)22(25)26/h19H,2-18H2,1H3,(H,23,24)(H,25,26). The van der Waals surface area contributed by atoms with Crippen LogP contribution in [0.25, 0.3) is 0 Å². The molecule has 0 rings (SSSR count). The number of carboxylic acids is 2. The molecule has 0 heterocycles. The van der Waals surface area contributed by atoms with Gasteiger partial charge in [0.2, 0.25) is 0 Å². The first kappa shape index (κ1) is 24.7. The van der Waals surface area contributed by atoms with E-state index in [1.54, 1.807) is 0 Å². The highest BCUT2D eigenvalue weighted by molar-refractivity contribution is 6.12. The maximum Gasteiger partial charge on any atom is 0.342 e. The molecule has 0 aromatic carbocycles. The van der Waals surface area contributed by atoms with Crippen molar-refractivity contribution in [1.82, 2.24) is 0 Å². The number of hydrogen-bond donors (Lipinski definition) is 2. The Hall–Kier alpha value is -1.32. The van der Waals surface area contributed by atoms with Gasteiger partial charge in [-0.2, -0.15) is 0 Å². The predicted molar refractivity (Wildman–Crippen MR) is 108 cm³/mol. The summed E-state index contributed by atoms with van der Waals surface area (Å²) in [6.07, 6.45) is 22.6. The molecule has 0 spiro atoms. The van der Waals surface area contributed by atoms with Gasteiger partial charge in [0.25, 0.3) is 0 Å². The summed E-state index contributed by atoms with van der Waals surface area (Å²) in [6.45, 7) is 2.26. The van der Waals surface area contributed by atoms with Crippen LogP contribution in [0.2, 0.25) is 0 Å². The van der Waals surface area contributed by atoms with E-state index >= 15 is 0 Å². The zero-order valence-corrected chi connectivity index (χ0v) is 16.8. The Kier molecular flexibility index (Phi) is 17.5. The number of aliphatic carboxylic acids is 2. The molecule has 0 amide bonds. The van der Waals surface area contributed by atoms with Crippen LogP contribution in [0.3, 0.4) is 0 Å². The monoisotopic (exact) mass is 368 g/mol. The van der Waals surface area contributed by atoms with Gasteiger partial charge in [0.05, 0.1) is 0 Å². The molecule has 0 radical (unpaired) electrons. The van der Waals surface area contributed by atoms with Gasteiger partial charge >= 0.3 is 11.9 Å². The summed E-state index contributed by atoms with van der Waals surface area (Å²) in [4.78, 5) is 21.4. The van der Waals surface area contributed by atoms with E-state index in [-0.39, 0.29) is 0 Å². The third-order valence-corrected chi connectivity index (χ3v) is 4.87. The molecule has 0 saturated heterocycles. The van der Waals surface area contributed by atoms with Crippen molar-refractivity contribution in [2.45, 2.75) is 116 Å². The van der Waals surface area contributed by atoms with Gasteiger partial charge in [0, 0.05) is 0 Å². The quantitative estimate of drug-likeness (QED) is 0.115. The molecule has 0 fully saturated rings. The second-order valence-electron chi connectivity index (χ2n) is 7.32. The number of unbranched alkanes of at least 4 members (excludes halogenated alkanes) is 16.